The number of carbonyl (C=O) groups excluding carboxylic acids is 1. The Kier molecular flexibility index (Phi) is 4.88. The zero-order valence-corrected chi connectivity index (χ0v) is 14.4. The summed E-state index contributed by atoms with van der Waals surface area (Å²) in [6, 6.07) is 4.46. The van der Waals surface area contributed by atoms with Crippen LogP contribution < -0.4 is 5.56 Å². The molecule has 8 nitrogen and oxygen atoms in total. The Morgan fingerprint density at radius 1 is 1.36 bits per heavy atom. The van der Waals surface area contributed by atoms with Gasteiger partial charge in [-0.05, 0) is 33.8 Å². The van der Waals surface area contributed by atoms with Gasteiger partial charge in [0.2, 0.25) is 0 Å². The first kappa shape index (κ1) is 18.1. The largest absolute Gasteiger partial charge is 0.346 e. The smallest absolute Gasteiger partial charge is 0.287 e. The Morgan fingerprint density at radius 3 is 2.48 bits per heavy atom. The molecule has 2 aromatic rings. The number of ketones is 1. The van der Waals surface area contributed by atoms with Crippen LogP contribution in [0, 0.1) is 35.3 Å². The second kappa shape index (κ2) is 6.73. The molecule has 0 amide bonds. The Balaban J connectivity index is 2.47. The minimum Gasteiger partial charge on any atom is -0.346 e. The van der Waals surface area contributed by atoms with E-state index in [1.54, 1.807) is 12.1 Å². The lowest BCUT2D eigenvalue weighted by molar-refractivity contribution is -0.385. The molecule has 0 saturated carbocycles. The molecule has 0 N–H and O–H groups in total. The van der Waals surface area contributed by atoms with Crippen molar-refractivity contribution in [2.75, 3.05) is 0 Å². The van der Waals surface area contributed by atoms with Gasteiger partial charge in [-0.25, -0.2) is 0 Å². The highest BCUT2D eigenvalue weighted by Crippen LogP contribution is 2.21. The highest BCUT2D eigenvalue weighted by Gasteiger charge is 2.20. The van der Waals surface area contributed by atoms with Crippen LogP contribution in [0.4, 0.5) is 5.69 Å². The summed E-state index contributed by atoms with van der Waals surface area (Å²) in [4.78, 5) is 35.1. The van der Waals surface area contributed by atoms with Gasteiger partial charge in [0, 0.05) is 29.1 Å². The van der Waals surface area contributed by atoms with Gasteiger partial charge in [0.1, 0.15) is 11.6 Å². The van der Waals surface area contributed by atoms with Crippen LogP contribution in [-0.4, -0.2) is 19.8 Å². The molecule has 0 radical (unpaired) electrons. The normalized spacial score (nSPS) is 10.7. The minimum absolute atomic E-state index is 0.173. The van der Waals surface area contributed by atoms with Crippen LogP contribution in [0.15, 0.2) is 23.1 Å². The van der Waals surface area contributed by atoms with E-state index in [1.165, 1.54) is 0 Å². The molecule has 0 atom stereocenters. The molecule has 130 valence electrons. The van der Waals surface area contributed by atoms with Crippen molar-refractivity contribution in [3.63, 3.8) is 0 Å². The van der Waals surface area contributed by atoms with E-state index < -0.39 is 16.2 Å². The monoisotopic (exact) mass is 342 g/mol. The lowest BCUT2D eigenvalue weighted by Gasteiger charge is -2.13. The van der Waals surface area contributed by atoms with Crippen molar-refractivity contribution >= 4 is 11.5 Å². The topological polar surface area (TPSA) is 111 Å². The summed E-state index contributed by atoms with van der Waals surface area (Å²) >= 11 is 0. The highest BCUT2D eigenvalue weighted by molar-refractivity contribution is 5.97. The number of aromatic nitrogens is 2. The van der Waals surface area contributed by atoms with Crippen molar-refractivity contribution in [2.45, 2.75) is 40.3 Å². The molecular weight excluding hydrogens is 324 g/mol. The van der Waals surface area contributed by atoms with Crippen LogP contribution in [0.2, 0.25) is 0 Å². The average molecular weight is 342 g/mol. The van der Waals surface area contributed by atoms with E-state index in [9.17, 15) is 19.7 Å². The summed E-state index contributed by atoms with van der Waals surface area (Å²) in [5, 5.41) is 19.9. The summed E-state index contributed by atoms with van der Waals surface area (Å²) in [7, 11) is 0. The second-order valence-corrected chi connectivity index (χ2v) is 6.09. The fourth-order valence-corrected chi connectivity index (χ4v) is 3.01. The van der Waals surface area contributed by atoms with Gasteiger partial charge in [0.05, 0.1) is 17.7 Å². The van der Waals surface area contributed by atoms with Gasteiger partial charge in [-0.3, -0.25) is 24.3 Å². The van der Waals surface area contributed by atoms with Crippen LogP contribution in [0.1, 0.15) is 47.2 Å². The molecule has 0 bridgehead atoms. The third-order valence-electron chi connectivity index (χ3n) is 4.02. The number of nitriles is 1. The molecule has 2 aromatic heterocycles. The van der Waals surface area contributed by atoms with Gasteiger partial charge in [-0.1, -0.05) is 0 Å². The number of carbonyl (C=O) groups is 1. The molecule has 2 heterocycles. The van der Waals surface area contributed by atoms with Gasteiger partial charge in [0.15, 0.2) is 5.78 Å². The van der Waals surface area contributed by atoms with Gasteiger partial charge in [0.25, 0.3) is 11.2 Å². The molecular formula is C17H18N4O4. The van der Waals surface area contributed by atoms with Crippen LogP contribution in [0.3, 0.4) is 0 Å². The summed E-state index contributed by atoms with van der Waals surface area (Å²) < 4.78 is 2.92. The van der Waals surface area contributed by atoms with Crippen molar-refractivity contribution < 1.29 is 9.72 Å². The van der Waals surface area contributed by atoms with Crippen molar-refractivity contribution in [1.29, 1.82) is 5.26 Å². The maximum absolute atomic E-state index is 12.6. The third-order valence-corrected chi connectivity index (χ3v) is 4.02. The highest BCUT2D eigenvalue weighted by atomic mass is 16.6. The lowest BCUT2D eigenvalue weighted by atomic mass is 10.1. The molecule has 25 heavy (non-hydrogen) atoms. The van der Waals surface area contributed by atoms with Crippen molar-refractivity contribution in [3.05, 3.63) is 61.3 Å². The number of rotatable bonds is 5. The summed E-state index contributed by atoms with van der Waals surface area (Å²) in [6.07, 6.45) is 0.989. The molecule has 0 aromatic carbocycles. The van der Waals surface area contributed by atoms with Crippen LogP contribution in [-0.2, 0) is 6.54 Å². The fourth-order valence-electron chi connectivity index (χ4n) is 3.01. The Morgan fingerprint density at radius 2 is 2.00 bits per heavy atom. The van der Waals surface area contributed by atoms with Crippen molar-refractivity contribution in [1.82, 2.24) is 9.13 Å². The lowest BCUT2D eigenvalue weighted by Crippen LogP contribution is -2.26. The Labute approximate surface area is 144 Å². The van der Waals surface area contributed by atoms with Gasteiger partial charge in [-0.2, -0.15) is 5.26 Å². The Bertz CT molecular complexity index is 960. The van der Waals surface area contributed by atoms with E-state index >= 15 is 0 Å². The maximum atomic E-state index is 12.6. The number of hydrogen-bond acceptors (Lipinski definition) is 5. The third kappa shape index (κ3) is 3.35. The molecule has 0 saturated heterocycles. The molecule has 2 rings (SSSR count). The zero-order valence-electron chi connectivity index (χ0n) is 14.4. The standard InChI is InChI=1S/C17H18N4O4/c1-10(2)20-11(3)5-15(12(20)4)16(22)9-19-8-14(21(24)25)6-13(7-18)17(19)23/h5-6,8,10H,9H2,1-4H3. The summed E-state index contributed by atoms with van der Waals surface area (Å²) in [6.45, 7) is 7.34. The second-order valence-electron chi connectivity index (χ2n) is 6.09. The first-order valence-electron chi connectivity index (χ1n) is 7.68. The van der Waals surface area contributed by atoms with Crippen LogP contribution >= 0.6 is 0 Å². The Hall–Kier alpha value is -3.21. The fraction of sp³-hybridized carbons (Fsp3) is 0.353. The predicted octanol–water partition coefficient (Wildman–Crippen LogP) is 2.51. The van der Waals surface area contributed by atoms with Gasteiger partial charge >= 0.3 is 0 Å². The zero-order chi connectivity index (χ0) is 18.9. The average Bonchev–Trinajstić information content (AvgIpc) is 2.83. The van der Waals surface area contributed by atoms with Crippen LogP contribution in [0.5, 0.6) is 0 Å². The number of nitro groups is 1. The van der Waals surface area contributed by atoms with E-state index in [0.717, 1.165) is 28.2 Å². The molecule has 0 aliphatic heterocycles. The van der Waals surface area contributed by atoms with E-state index in [0.29, 0.717) is 5.56 Å². The van der Waals surface area contributed by atoms with Crippen molar-refractivity contribution in [3.8, 4) is 6.07 Å². The first-order valence-corrected chi connectivity index (χ1v) is 7.68. The predicted molar refractivity (Wildman–Crippen MR) is 90.7 cm³/mol. The molecule has 8 heteroatoms. The van der Waals surface area contributed by atoms with Crippen LogP contribution in [0.25, 0.3) is 0 Å². The molecule has 0 spiro atoms. The van der Waals surface area contributed by atoms with Gasteiger partial charge < -0.3 is 4.57 Å². The SMILES string of the molecule is Cc1cc(C(=O)Cn2cc([N+](=O)[O-])cc(C#N)c2=O)c(C)n1C(C)C. The minimum atomic E-state index is -0.723. The summed E-state index contributed by atoms with van der Waals surface area (Å²) in [5.74, 6) is -0.341. The van der Waals surface area contributed by atoms with E-state index in [2.05, 4.69) is 0 Å². The van der Waals surface area contributed by atoms with Crippen molar-refractivity contribution in [2.24, 2.45) is 0 Å². The molecule has 0 unspecified atom stereocenters. The number of Topliss-reactive ketones (excluding diaryl/α,β-unsaturated/α-hetero) is 1. The van der Waals surface area contributed by atoms with Gasteiger partial charge in [-0.15, -0.1) is 0 Å². The number of hydrogen-bond donors (Lipinski definition) is 0. The van der Waals surface area contributed by atoms with E-state index in [1.807, 2.05) is 32.3 Å². The molecule has 0 fully saturated rings. The number of pyridine rings is 1. The molecule has 0 aliphatic carbocycles. The van der Waals surface area contributed by atoms with E-state index in [-0.39, 0.29) is 23.9 Å². The molecule has 0 aliphatic rings. The van der Waals surface area contributed by atoms with E-state index in [4.69, 9.17) is 5.26 Å². The number of aryl methyl sites for hydroxylation is 1. The summed E-state index contributed by atoms with van der Waals surface area (Å²) in [5.41, 5.74) is 0.657. The first-order chi connectivity index (χ1) is 11.7. The quantitative estimate of drug-likeness (QED) is 0.471. The number of nitrogens with zero attached hydrogens (tertiary/aromatic N) is 4. The maximum Gasteiger partial charge on any atom is 0.287 e.